The van der Waals surface area contributed by atoms with Gasteiger partial charge in [-0.1, -0.05) is 54.4 Å². The molecule has 1 rings (SSSR count). The Morgan fingerprint density at radius 3 is 1.90 bits per heavy atom. The van der Waals surface area contributed by atoms with Crippen molar-refractivity contribution in [1.82, 2.24) is 0 Å². The fourth-order valence-electron chi connectivity index (χ4n) is 1.04. The summed E-state index contributed by atoms with van der Waals surface area (Å²) in [6.45, 7) is 4.00. The Bertz CT molecular complexity index is 130. The summed E-state index contributed by atoms with van der Waals surface area (Å²) in [6, 6.07) is 0. The number of halogens is 3. The van der Waals surface area contributed by atoms with Crippen LogP contribution in [-0.2, 0) is 0 Å². The van der Waals surface area contributed by atoms with E-state index in [2.05, 4.69) is 54.4 Å². The smallest absolute Gasteiger partial charge is 0.0373 e. The minimum Gasteiger partial charge on any atom is -0.0976 e. The van der Waals surface area contributed by atoms with Crippen molar-refractivity contribution >= 4 is 47.8 Å². The molecule has 1 fully saturated rings. The second-order valence-electron chi connectivity index (χ2n) is 2.58. The fraction of sp³-hybridized carbons (Fsp3) is 0.714. The predicted molar refractivity (Wildman–Crippen MR) is 56.5 cm³/mol. The van der Waals surface area contributed by atoms with Crippen molar-refractivity contribution in [3.63, 3.8) is 0 Å². The van der Waals surface area contributed by atoms with Crippen LogP contribution < -0.4 is 0 Å². The molecule has 0 N–H and O–H groups in total. The average Bonchev–Trinajstić information content (AvgIpc) is 1.82. The molecule has 0 amide bonds. The lowest BCUT2D eigenvalue weighted by Crippen LogP contribution is -2.25. The van der Waals surface area contributed by atoms with Crippen LogP contribution in [0, 0.1) is 0 Å². The highest BCUT2D eigenvalue weighted by atomic mass is 79.9. The highest BCUT2D eigenvalue weighted by Crippen LogP contribution is 2.36. The molecule has 0 aromatic rings. The van der Waals surface area contributed by atoms with Crippen molar-refractivity contribution in [2.24, 2.45) is 0 Å². The summed E-state index contributed by atoms with van der Waals surface area (Å²) in [7, 11) is 0. The summed E-state index contributed by atoms with van der Waals surface area (Å²) in [4.78, 5) is 1.59. The predicted octanol–water partition coefficient (Wildman–Crippen LogP) is 3.63. The first-order valence-electron chi connectivity index (χ1n) is 3.22. The Balaban J connectivity index is 2.57. The first-order valence-corrected chi connectivity index (χ1v) is 5.97. The fourth-order valence-corrected chi connectivity index (χ4v) is 4.69. The SMILES string of the molecule is C=C1C(Br)CC(Br)CC1Br. The van der Waals surface area contributed by atoms with E-state index in [-0.39, 0.29) is 0 Å². The van der Waals surface area contributed by atoms with Gasteiger partial charge < -0.3 is 0 Å². The van der Waals surface area contributed by atoms with Crippen LogP contribution in [0.5, 0.6) is 0 Å². The molecule has 3 heteroatoms. The van der Waals surface area contributed by atoms with Gasteiger partial charge in [-0.05, 0) is 18.4 Å². The lowest BCUT2D eigenvalue weighted by atomic mass is 9.96. The molecule has 0 aliphatic heterocycles. The summed E-state index contributed by atoms with van der Waals surface area (Å²) < 4.78 is 0. The van der Waals surface area contributed by atoms with Crippen LogP contribution in [0.1, 0.15) is 12.8 Å². The van der Waals surface area contributed by atoms with Crippen LogP contribution in [0.4, 0.5) is 0 Å². The molecule has 10 heavy (non-hydrogen) atoms. The topological polar surface area (TPSA) is 0 Å². The summed E-state index contributed by atoms with van der Waals surface area (Å²) in [6.07, 6.45) is 2.31. The van der Waals surface area contributed by atoms with Crippen molar-refractivity contribution in [2.75, 3.05) is 0 Å². The molecule has 2 atom stereocenters. The Morgan fingerprint density at radius 1 is 1.10 bits per heavy atom. The lowest BCUT2D eigenvalue weighted by molar-refractivity contribution is 0.655. The Kier molecular flexibility index (Phi) is 3.45. The molecule has 0 spiro atoms. The zero-order chi connectivity index (χ0) is 7.72. The van der Waals surface area contributed by atoms with Gasteiger partial charge in [-0.3, -0.25) is 0 Å². The van der Waals surface area contributed by atoms with Gasteiger partial charge in [-0.25, -0.2) is 0 Å². The van der Waals surface area contributed by atoms with Gasteiger partial charge in [-0.2, -0.15) is 0 Å². The van der Waals surface area contributed by atoms with Gasteiger partial charge in [0, 0.05) is 14.5 Å². The maximum absolute atomic E-state index is 4.00. The van der Waals surface area contributed by atoms with Crippen molar-refractivity contribution < 1.29 is 0 Å². The second kappa shape index (κ2) is 3.72. The standard InChI is InChI=1S/C7H9Br3/c1-4-6(9)2-5(8)3-7(4)10/h5-7H,1-3H2. The highest BCUT2D eigenvalue weighted by Gasteiger charge is 2.27. The molecule has 0 radical (unpaired) electrons. The summed E-state index contributed by atoms with van der Waals surface area (Å²) in [5.74, 6) is 0. The van der Waals surface area contributed by atoms with Crippen molar-refractivity contribution in [3.05, 3.63) is 12.2 Å². The highest BCUT2D eigenvalue weighted by molar-refractivity contribution is 9.10. The molecule has 2 unspecified atom stereocenters. The molecule has 1 aliphatic rings. The monoisotopic (exact) mass is 330 g/mol. The van der Waals surface area contributed by atoms with Crippen LogP contribution in [-0.4, -0.2) is 14.5 Å². The van der Waals surface area contributed by atoms with Gasteiger partial charge in [-0.15, -0.1) is 0 Å². The zero-order valence-corrected chi connectivity index (χ0v) is 10.2. The maximum atomic E-state index is 4.00. The van der Waals surface area contributed by atoms with Crippen molar-refractivity contribution in [2.45, 2.75) is 27.3 Å². The molecule has 0 aromatic heterocycles. The van der Waals surface area contributed by atoms with Crippen LogP contribution in [0.15, 0.2) is 12.2 Å². The molecular formula is C7H9Br3. The van der Waals surface area contributed by atoms with E-state index in [1.807, 2.05) is 0 Å². The first-order chi connectivity index (χ1) is 4.61. The van der Waals surface area contributed by atoms with E-state index in [0.717, 1.165) is 12.8 Å². The van der Waals surface area contributed by atoms with E-state index >= 15 is 0 Å². The molecule has 0 aromatic carbocycles. The molecule has 1 saturated carbocycles. The van der Waals surface area contributed by atoms with E-state index in [4.69, 9.17) is 0 Å². The lowest BCUT2D eigenvalue weighted by Gasteiger charge is -2.28. The third-order valence-corrected chi connectivity index (χ3v) is 4.40. The van der Waals surface area contributed by atoms with E-state index in [1.54, 1.807) is 0 Å². The molecule has 58 valence electrons. The third-order valence-electron chi connectivity index (χ3n) is 1.73. The van der Waals surface area contributed by atoms with Gasteiger partial charge in [0.15, 0.2) is 0 Å². The van der Waals surface area contributed by atoms with Gasteiger partial charge in [0.2, 0.25) is 0 Å². The molecule has 0 heterocycles. The van der Waals surface area contributed by atoms with Gasteiger partial charge in [0.1, 0.15) is 0 Å². The molecular weight excluding hydrogens is 324 g/mol. The summed E-state index contributed by atoms with van der Waals surface area (Å²) in [5, 5.41) is 0. The first kappa shape index (κ1) is 9.27. The summed E-state index contributed by atoms with van der Waals surface area (Å²) in [5.41, 5.74) is 1.27. The maximum Gasteiger partial charge on any atom is 0.0373 e. The Labute approximate surface area is 86.8 Å². The largest absolute Gasteiger partial charge is 0.0976 e. The Hall–Kier alpha value is 1.18. The Morgan fingerprint density at radius 2 is 1.50 bits per heavy atom. The van der Waals surface area contributed by atoms with E-state index < -0.39 is 0 Å². The normalized spacial score (nSPS) is 41.9. The molecule has 0 nitrogen and oxygen atoms in total. The zero-order valence-electron chi connectivity index (χ0n) is 5.49. The van der Waals surface area contributed by atoms with Crippen LogP contribution in [0.25, 0.3) is 0 Å². The van der Waals surface area contributed by atoms with E-state index in [1.165, 1.54) is 5.57 Å². The van der Waals surface area contributed by atoms with Gasteiger partial charge in [0.25, 0.3) is 0 Å². The molecule has 1 aliphatic carbocycles. The minimum atomic E-state index is 0.481. The summed E-state index contributed by atoms with van der Waals surface area (Å²) >= 11 is 10.7. The molecule has 0 bridgehead atoms. The van der Waals surface area contributed by atoms with Crippen molar-refractivity contribution in [3.8, 4) is 0 Å². The number of hydrogen-bond donors (Lipinski definition) is 0. The third kappa shape index (κ3) is 2.08. The quantitative estimate of drug-likeness (QED) is 0.469. The van der Waals surface area contributed by atoms with E-state index in [9.17, 15) is 0 Å². The number of rotatable bonds is 0. The second-order valence-corrected chi connectivity index (χ2v) is 6.08. The number of alkyl halides is 3. The van der Waals surface area contributed by atoms with Crippen LogP contribution >= 0.6 is 47.8 Å². The van der Waals surface area contributed by atoms with Crippen LogP contribution in [0.3, 0.4) is 0 Å². The number of hydrogen-bond acceptors (Lipinski definition) is 0. The number of allylic oxidation sites excluding steroid dienone is 1. The van der Waals surface area contributed by atoms with Gasteiger partial charge in [0.05, 0.1) is 0 Å². The van der Waals surface area contributed by atoms with Crippen LogP contribution in [0.2, 0.25) is 0 Å². The molecule has 0 saturated heterocycles. The minimum absolute atomic E-state index is 0.481. The van der Waals surface area contributed by atoms with Gasteiger partial charge >= 0.3 is 0 Å². The van der Waals surface area contributed by atoms with Crippen molar-refractivity contribution in [1.29, 1.82) is 0 Å². The average molecular weight is 333 g/mol. The van der Waals surface area contributed by atoms with E-state index in [0.29, 0.717) is 14.5 Å².